The smallest absolute Gasteiger partial charge is 0.665 e. The van der Waals surface area contributed by atoms with Crippen molar-refractivity contribution in [2.45, 2.75) is 12.5 Å². The van der Waals surface area contributed by atoms with Crippen LogP contribution in [0.2, 0.25) is 6.04 Å². The van der Waals surface area contributed by atoms with Gasteiger partial charge < -0.3 is 18.6 Å². The molecule has 0 unspecified atom stereocenters. The summed E-state index contributed by atoms with van der Waals surface area (Å²) in [6.07, 6.45) is 0.957. The zero-order valence-corrected chi connectivity index (χ0v) is 10.3. The van der Waals surface area contributed by atoms with E-state index in [9.17, 15) is 0 Å². The van der Waals surface area contributed by atoms with E-state index in [0.29, 0.717) is 0 Å². The van der Waals surface area contributed by atoms with E-state index in [1.54, 1.807) is 28.4 Å². The molecule has 0 radical (unpaired) electrons. The van der Waals surface area contributed by atoms with Crippen molar-refractivity contribution in [2.24, 2.45) is 0 Å². The summed E-state index contributed by atoms with van der Waals surface area (Å²) in [6, 6.07) is 0.827. The van der Waals surface area contributed by atoms with Gasteiger partial charge in [-0.15, -0.1) is 6.54 Å². The molecule has 0 heterocycles. The van der Waals surface area contributed by atoms with Gasteiger partial charge in [0.2, 0.25) is 0 Å². The van der Waals surface area contributed by atoms with Crippen LogP contribution in [0.3, 0.4) is 0 Å². The van der Waals surface area contributed by atoms with Crippen molar-refractivity contribution in [3.05, 3.63) is 5.32 Å². The number of rotatable bonds is 7. The predicted octanol–water partition coefficient (Wildman–Crippen LogP) is -1.74. The minimum Gasteiger partial charge on any atom is -0.665 e. The first-order valence-electron chi connectivity index (χ1n) is 3.95. The second kappa shape index (κ2) is 9.22. The maximum Gasteiger partial charge on any atom is 1.00 e. The summed E-state index contributed by atoms with van der Waals surface area (Å²) in [4.78, 5) is 0. The molecule has 0 spiro atoms. The standard InChI is InChI=1S/C7H18NO3Si.Li/c1-8-6-5-7-12(9-2,10-3)11-4;/h5-7H2,1-4H3;/q-1;+1. The maximum absolute atomic E-state index is 5.24. The molecule has 0 aliphatic rings. The largest absolute Gasteiger partial charge is 1.00 e. The average Bonchev–Trinajstić information content (AvgIpc) is 2.14. The van der Waals surface area contributed by atoms with Crippen LogP contribution >= 0.6 is 0 Å². The predicted molar refractivity (Wildman–Crippen MR) is 50.4 cm³/mol. The monoisotopic (exact) mass is 199 g/mol. The Morgan fingerprint density at radius 1 is 1.08 bits per heavy atom. The normalized spacial score (nSPS) is 11.1. The molecule has 6 heteroatoms. The summed E-state index contributed by atoms with van der Waals surface area (Å²) in [5.41, 5.74) is 0. The fraction of sp³-hybridized carbons (Fsp3) is 1.00. The van der Waals surface area contributed by atoms with Gasteiger partial charge >= 0.3 is 27.7 Å². The Morgan fingerprint density at radius 2 is 1.54 bits per heavy atom. The van der Waals surface area contributed by atoms with E-state index < -0.39 is 8.80 Å². The molecular weight excluding hydrogens is 181 g/mol. The molecule has 0 atom stereocenters. The molecule has 13 heavy (non-hydrogen) atoms. The van der Waals surface area contributed by atoms with E-state index in [2.05, 4.69) is 5.32 Å². The van der Waals surface area contributed by atoms with Gasteiger partial charge in [0.25, 0.3) is 0 Å². The topological polar surface area (TPSA) is 41.8 Å². The van der Waals surface area contributed by atoms with Crippen molar-refractivity contribution in [3.8, 4) is 0 Å². The van der Waals surface area contributed by atoms with Gasteiger partial charge in [0.15, 0.2) is 0 Å². The molecular formula is C7H18LiNO3Si. The van der Waals surface area contributed by atoms with Crippen LogP contribution in [-0.2, 0) is 13.3 Å². The van der Waals surface area contributed by atoms with Crippen LogP contribution in [0.25, 0.3) is 5.32 Å². The van der Waals surface area contributed by atoms with Crippen LogP contribution < -0.4 is 18.9 Å². The molecule has 0 aliphatic carbocycles. The first-order valence-corrected chi connectivity index (χ1v) is 5.89. The third-order valence-corrected chi connectivity index (χ3v) is 4.63. The van der Waals surface area contributed by atoms with Gasteiger partial charge in [-0.1, -0.05) is 6.42 Å². The summed E-state index contributed by atoms with van der Waals surface area (Å²) in [5, 5.41) is 4.00. The van der Waals surface area contributed by atoms with E-state index in [1.807, 2.05) is 0 Å². The van der Waals surface area contributed by atoms with Crippen molar-refractivity contribution in [1.82, 2.24) is 0 Å². The van der Waals surface area contributed by atoms with Crippen LogP contribution in [0, 0.1) is 0 Å². The average molecular weight is 199 g/mol. The van der Waals surface area contributed by atoms with Gasteiger partial charge in [0, 0.05) is 27.4 Å². The van der Waals surface area contributed by atoms with E-state index in [0.717, 1.165) is 19.0 Å². The Morgan fingerprint density at radius 3 is 1.85 bits per heavy atom. The van der Waals surface area contributed by atoms with Crippen LogP contribution in [0.1, 0.15) is 6.42 Å². The Kier molecular flexibility index (Phi) is 11.4. The Labute approximate surface area is 93.9 Å². The van der Waals surface area contributed by atoms with Crippen molar-refractivity contribution in [1.29, 1.82) is 0 Å². The molecule has 0 aromatic heterocycles. The maximum atomic E-state index is 5.24. The Balaban J connectivity index is 0. The Hall–Kier alpha value is 0.654. The molecule has 4 nitrogen and oxygen atoms in total. The third-order valence-electron chi connectivity index (χ3n) is 1.80. The van der Waals surface area contributed by atoms with Crippen molar-refractivity contribution in [3.63, 3.8) is 0 Å². The quantitative estimate of drug-likeness (QED) is 0.361. The second-order valence-electron chi connectivity index (χ2n) is 2.44. The molecule has 0 aromatic carbocycles. The van der Waals surface area contributed by atoms with Crippen molar-refractivity contribution < 1.29 is 32.1 Å². The van der Waals surface area contributed by atoms with Crippen molar-refractivity contribution >= 4 is 8.80 Å². The summed E-state index contributed by atoms with van der Waals surface area (Å²) >= 11 is 0. The van der Waals surface area contributed by atoms with Crippen LogP contribution in [0.5, 0.6) is 0 Å². The second-order valence-corrected chi connectivity index (χ2v) is 5.53. The molecule has 74 valence electrons. The summed E-state index contributed by atoms with van der Waals surface area (Å²) < 4.78 is 15.7. The van der Waals surface area contributed by atoms with E-state index >= 15 is 0 Å². The van der Waals surface area contributed by atoms with Gasteiger partial charge in [0.05, 0.1) is 0 Å². The van der Waals surface area contributed by atoms with E-state index in [-0.39, 0.29) is 18.9 Å². The zero-order chi connectivity index (χ0) is 9.45. The minimum absolute atomic E-state index is 0. The molecule has 0 saturated carbocycles. The SMILES string of the molecule is C[N-]CCC[Si](OC)(OC)OC.[Li+]. The molecule has 0 saturated heterocycles. The van der Waals surface area contributed by atoms with Gasteiger partial charge in [0.1, 0.15) is 0 Å². The Bertz CT molecular complexity index is 106. The fourth-order valence-electron chi connectivity index (χ4n) is 1.01. The van der Waals surface area contributed by atoms with Crippen LogP contribution in [-0.4, -0.2) is 43.7 Å². The summed E-state index contributed by atoms with van der Waals surface area (Å²) in [6.45, 7) is 0.838. The number of hydrogen-bond donors (Lipinski definition) is 0. The minimum atomic E-state index is -2.31. The molecule has 0 amide bonds. The van der Waals surface area contributed by atoms with Gasteiger partial charge in [-0.05, 0) is 0 Å². The van der Waals surface area contributed by atoms with Gasteiger partial charge in [-0.3, -0.25) is 0 Å². The molecule has 0 aliphatic heterocycles. The first-order chi connectivity index (χ1) is 5.74. The fourth-order valence-corrected chi connectivity index (χ4v) is 2.71. The summed E-state index contributed by atoms with van der Waals surface area (Å²) in [7, 11) is 4.37. The van der Waals surface area contributed by atoms with Crippen LogP contribution in [0.15, 0.2) is 0 Å². The number of hydrogen-bond acceptors (Lipinski definition) is 3. The van der Waals surface area contributed by atoms with Crippen molar-refractivity contribution in [2.75, 3.05) is 34.9 Å². The molecule has 0 N–H and O–H groups in total. The molecule has 0 aromatic rings. The van der Waals surface area contributed by atoms with Gasteiger partial charge in [-0.25, -0.2) is 0 Å². The van der Waals surface area contributed by atoms with Crippen LogP contribution in [0.4, 0.5) is 0 Å². The molecule has 0 rings (SSSR count). The van der Waals surface area contributed by atoms with Gasteiger partial charge in [-0.2, -0.15) is 7.05 Å². The molecule has 0 bridgehead atoms. The first kappa shape index (κ1) is 16.1. The van der Waals surface area contributed by atoms with E-state index in [1.165, 1.54) is 0 Å². The molecule has 0 fully saturated rings. The van der Waals surface area contributed by atoms with E-state index in [4.69, 9.17) is 13.3 Å². The summed E-state index contributed by atoms with van der Waals surface area (Å²) in [5.74, 6) is 0. The zero-order valence-electron chi connectivity index (χ0n) is 9.29. The third kappa shape index (κ3) is 5.86. The number of nitrogens with zero attached hydrogens (tertiary/aromatic N) is 1.